The lowest BCUT2D eigenvalue weighted by molar-refractivity contribution is 0.0751. The normalized spacial score (nSPS) is 17.9. The van der Waals surface area contributed by atoms with E-state index in [1.54, 1.807) is 46.8 Å². The molecule has 2 aromatic carbocycles. The number of fused-ring (bicyclic) bond motifs is 1. The maximum Gasteiger partial charge on any atom is 0.243 e. The maximum atomic E-state index is 13.1. The molecular weight excluding hydrogens is 390 g/mol. The Morgan fingerprint density at radius 2 is 2.03 bits per heavy atom. The summed E-state index contributed by atoms with van der Waals surface area (Å²) in [5, 5.41) is 16.9. The third kappa shape index (κ3) is 3.95. The van der Waals surface area contributed by atoms with Gasteiger partial charge in [-0.15, -0.1) is 5.10 Å². The Bertz CT molecular complexity index is 1170. The molecule has 1 fully saturated rings. The van der Waals surface area contributed by atoms with Gasteiger partial charge >= 0.3 is 0 Å². The third-order valence-electron chi connectivity index (χ3n) is 5.08. The highest BCUT2D eigenvalue weighted by atomic mass is 32.2. The summed E-state index contributed by atoms with van der Waals surface area (Å²) < 4.78 is 27.7. The quantitative estimate of drug-likeness (QED) is 0.639. The molecule has 0 amide bonds. The lowest BCUT2D eigenvalue weighted by Crippen LogP contribution is -2.39. The molecule has 0 radical (unpaired) electrons. The predicted octanol–water partition coefficient (Wildman–Crippen LogP) is 2.35. The van der Waals surface area contributed by atoms with Crippen LogP contribution in [0.25, 0.3) is 11.0 Å². The van der Waals surface area contributed by atoms with Crippen LogP contribution in [-0.2, 0) is 16.6 Å². The van der Waals surface area contributed by atoms with Gasteiger partial charge in [0.05, 0.1) is 16.5 Å². The number of rotatable bonds is 5. The molecule has 1 unspecified atom stereocenters. The van der Waals surface area contributed by atoms with Crippen LogP contribution in [0.2, 0.25) is 0 Å². The van der Waals surface area contributed by atoms with Crippen LogP contribution < -0.4 is 4.84 Å². The van der Waals surface area contributed by atoms with E-state index in [1.807, 2.05) is 0 Å². The molecular formula is C20H21N5O3S. The molecule has 1 atom stereocenters. The minimum Gasteiger partial charge on any atom is -0.390 e. The van der Waals surface area contributed by atoms with Crippen LogP contribution in [0, 0.1) is 17.2 Å². The van der Waals surface area contributed by atoms with E-state index in [1.165, 1.54) is 4.85 Å². The second-order valence-corrected chi connectivity index (χ2v) is 9.24. The fourth-order valence-electron chi connectivity index (χ4n) is 3.46. The van der Waals surface area contributed by atoms with Gasteiger partial charge in [-0.05, 0) is 59.9 Å². The second kappa shape index (κ2) is 7.81. The van der Waals surface area contributed by atoms with Crippen LogP contribution in [-0.4, -0.2) is 41.0 Å². The molecule has 1 aromatic heterocycles. The molecule has 0 N–H and O–H groups in total. The van der Waals surface area contributed by atoms with Crippen LogP contribution >= 0.6 is 0 Å². The van der Waals surface area contributed by atoms with Crippen molar-refractivity contribution in [3.05, 3.63) is 53.6 Å². The second-order valence-electron chi connectivity index (χ2n) is 7.31. The standard InChI is InChI=1S/C20H21N5O3S/c1-15-3-2-10-24(13-15)29(26,27)18-8-9-19-20(11-18)25(23-22-19)28-14-17-6-4-16(12-21)5-7-17/h4-9,11,15H,2-3,10,13-14H2,1H3. The fraction of sp³-hybridized carbons (Fsp3) is 0.350. The molecule has 1 saturated heterocycles. The Kier molecular flexibility index (Phi) is 5.22. The molecule has 4 rings (SSSR count). The van der Waals surface area contributed by atoms with Gasteiger partial charge in [0, 0.05) is 13.1 Å². The predicted molar refractivity (Wildman–Crippen MR) is 106 cm³/mol. The Hall–Kier alpha value is -2.96. The Labute approximate surface area is 169 Å². The van der Waals surface area contributed by atoms with Crippen molar-refractivity contribution < 1.29 is 13.3 Å². The van der Waals surface area contributed by atoms with E-state index in [0.29, 0.717) is 35.6 Å². The summed E-state index contributed by atoms with van der Waals surface area (Å²) in [6, 6.07) is 13.9. The van der Waals surface area contributed by atoms with Crippen LogP contribution in [0.1, 0.15) is 30.9 Å². The van der Waals surface area contributed by atoms with Gasteiger partial charge in [0.15, 0.2) is 0 Å². The van der Waals surface area contributed by atoms with E-state index in [4.69, 9.17) is 10.1 Å². The van der Waals surface area contributed by atoms with Gasteiger partial charge < -0.3 is 4.84 Å². The van der Waals surface area contributed by atoms with E-state index in [2.05, 4.69) is 23.3 Å². The van der Waals surface area contributed by atoms with Gasteiger partial charge in [0.25, 0.3) is 0 Å². The smallest absolute Gasteiger partial charge is 0.243 e. The molecule has 8 nitrogen and oxygen atoms in total. The molecule has 0 bridgehead atoms. The average molecular weight is 411 g/mol. The first-order chi connectivity index (χ1) is 14.0. The minimum atomic E-state index is -3.58. The fourth-order valence-corrected chi connectivity index (χ4v) is 5.08. The number of nitriles is 1. The summed E-state index contributed by atoms with van der Waals surface area (Å²) in [6.45, 7) is 3.36. The van der Waals surface area contributed by atoms with Gasteiger partial charge in [-0.1, -0.05) is 23.9 Å². The molecule has 1 aliphatic rings. The number of sulfonamides is 1. The number of benzene rings is 2. The Morgan fingerprint density at radius 3 is 2.76 bits per heavy atom. The highest BCUT2D eigenvalue weighted by molar-refractivity contribution is 7.89. The largest absolute Gasteiger partial charge is 0.390 e. The van der Waals surface area contributed by atoms with Crippen molar-refractivity contribution in [1.29, 1.82) is 5.26 Å². The third-order valence-corrected chi connectivity index (χ3v) is 6.94. The first-order valence-electron chi connectivity index (χ1n) is 9.45. The van der Waals surface area contributed by atoms with Crippen molar-refractivity contribution in [2.45, 2.75) is 31.3 Å². The Morgan fingerprint density at radius 1 is 1.24 bits per heavy atom. The number of aromatic nitrogens is 3. The molecule has 150 valence electrons. The van der Waals surface area contributed by atoms with Crippen LogP contribution in [0.3, 0.4) is 0 Å². The first-order valence-corrected chi connectivity index (χ1v) is 10.9. The highest BCUT2D eigenvalue weighted by Gasteiger charge is 2.29. The lowest BCUT2D eigenvalue weighted by Gasteiger charge is -2.30. The number of hydrogen-bond acceptors (Lipinski definition) is 6. The molecule has 2 heterocycles. The van der Waals surface area contributed by atoms with Crippen molar-refractivity contribution in [2.24, 2.45) is 5.92 Å². The summed E-state index contributed by atoms with van der Waals surface area (Å²) >= 11 is 0. The molecule has 1 aliphatic heterocycles. The molecule has 29 heavy (non-hydrogen) atoms. The van der Waals surface area contributed by atoms with Crippen molar-refractivity contribution in [3.8, 4) is 6.07 Å². The van der Waals surface area contributed by atoms with Crippen LogP contribution in [0.5, 0.6) is 0 Å². The zero-order chi connectivity index (χ0) is 20.4. The summed E-state index contributed by atoms with van der Waals surface area (Å²) in [7, 11) is -3.58. The van der Waals surface area contributed by atoms with Crippen molar-refractivity contribution in [1.82, 2.24) is 19.5 Å². The van der Waals surface area contributed by atoms with E-state index < -0.39 is 10.0 Å². The van der Waals surface area contributed by atoms with Crippen LogP contribution in [0.15, 0.2) is 47.4 Å². The zero-order valence-corrected chi connectivity index (χ0v) is 16.8. The van der Waals surface area contributed by atoms with Crippen LogP contribution in [0.4, 0.5) is 0 Å². The molecule has 0 spiro atoms. The minimum absolute atomic E-state index is 0.213. The summed E-state index contributed by atoms with van der Waals surface area (Å²) in [5.74, 6) is 0.352. The lowest BCUT2D eigenvalue weighted by atomic mass is 10.0. The van der Waals surface area contributed by atoms with Crippen molar-refractivity contribution >= 4 is 21.1 Å². The summed E-state index contributed by atoms with van der Waals surface area (Å²) in [4.78, 5) is 7.15. The highest BCUT2D eigenvalue weighted by Crippen LogP contribution is 2.25. The molecule has 9 heteroatoms. The first kappa shape index (κ1) is 19.4. The SMILES string of the molecule is CC1CCCN(S(=O)(=O)c2ccc3nnn(OCc4ccc(C#N)cc4)c3c2)C1. The molecule has 0 aliphatic carbocycles. The number of hydrogen-bond donors (Lipinski definition) is 0. The zero-order valence-electron chi connectivity index (χ0n) is 16.0. The molecule has 3 aromatic rings. The van der Waals surface area contributed by atoms with Gasteiger partial charge in [-0.2, -0.15) is 9.57 Å². The topological polar surface area (TPSA) is 101 Å². The number of piperidine rings is 1. The van der Waals surface area contributed by atoms with E-state index >= 15 is 0 Å². The Balaban J connectivity index is 1.58. The average Bonchev–Trinajstić information content (AvgIpc) is 3.15. The van der Waals surface area contributed by atoms with Gasteiger partial charge in [0.2, 0.25) is 10.0 Å². The van der Waals surface area contributed by atoms with Crippen molar-refractivity contribution in [3.63, 3.8) is 0 Å². The summed E-state index contributed by atoms with van der Waals surface area (Å²) in [5.41, 5.74) is 2.47. The number of nitrogens with zero attached hydrogens (tertiary/aromatic N) is 5. The summed E-state index contributed by atoms with van der Waals surface area (Å²) in [6.07, 6.45) is 1.92. The maximum absolute atomic E-state index is 13.1. The van der Waals surface area contributed by atoms with E-state index in [-0.39, 0.29) is 11.5 Å². The van der Waals surface area contributed by atoms with Gasteiger partial charge in [-0.25, -0.2) is 8.42 Å². The monoisotopic (exact) mass is 411 g/mol. The van der Waals surface area contributed by atoms with Gasteiger partial charge in [-0.3, -0.25) is 0 Å². The van der Waals surface area contributed by atoms with E-state index in [0.717, 1.165) is 18.4 Å². The van der Waals surface area contributed by atoms with E-state index in [9.17, 15) is 8.42 Å². The molecule has 0 saturated carbocycles. The van der Waals surface area contributed by atoms with Crippen molar-refractivity contribution in [2.75, 3.05) is 13.1 Å². The van der Waals surface area contributed by atoms with Gasteiger partial charge in [0.1, 0.15) is 17.6 Å².